The van der Waals surface area contributed by atoms with Crippen molar-refractivity contribution in [2.24, 2.45) is 0 Å². The van der Waals surface area contributed by atoms with E-state index in [0.29, 0.717) is 0 Å². The van der Waals surface area contributed by atoms with Crippen LogP contribution in [0.25, 0.3) is 0 Å². The van der Waals surface area contributed by atoms with Crippen molar-refractivity contribution in [3.63, 3.8) is 0 Å². The first-order valence-electron chi connectivity index (χ1n) is 10.4. The monoisotopic (exact) mass is 368 g/mol. The molecule has 3 nitrogen and oxygen atoms in total. The summed E-state index contributed by atoms with van der Waals surface area (Å²) in [5.41, 5.74) is 3.62. The summed E-state index contributed by atoms with van der Waals surface area (Å²) in [6.45, 7) is 8.44. The number of nitrogens with zero attached hydrogens (tertiary/aromatic N) is 2. The molecule has 5 radical (unpaired) electrons. The number of para-hydroxylation sites is 1. The molecule has 1 aliphatic rings. The summed E-state index contributed by atoms with van der Waals surface area (Å²) in [6.07, 6.45) is 0.981. The van der Waals surface area contributed by atoms with Crippen LogP contribution >= 0.6 is 0 Å². The Morgan fingerprint density at radius 3 is 2.36 bits per heavy atom. The molecule has 0 aliphatic carbocycles. The first kappa shape index (κ1) is 21.1. The van der Waals surface area contributed by atoms with Crippen LogP contribution in [0.15, 0.2) is 54.6 Å². The average molecular weight is 368 g/mol. The standard InChI is InChI=1S/C22H29B3N3/c1-2-19(20-10-6-7-11-21(20)25-24)22(23)26-12-13-27-14-16-28(17-15-27)18-8-4-3-5-9-18/h3-11,19,22,26H,2,12-17H2,1H3. The minimum atomic E-state index is -0.0725. The maximum absolute atomic E-state index is 6.51. The van der Waals surface area contributed by atoms with E-state index >= 15 is 0 Å². The SMILES string of the molecule is [B][B]c1ccccc1C(CC)C([B])NCCN1CCN(c2ccccc2)CC1. The van der Waals surface area contributed by atoms with Crippen LogP contribution in [-0.4, -0.2) is 72.9 Å². The Morgan fingerprint density at radius 2 is 1.68 bits per heavy atom. The maximum atomic E-state index is 6.51. The maximum Gasteiger partial charge on any atom is 0.0960 e. The Kier molecular flexibility index (Phi) is 8.11. The summed E-state index contributed by atoms with van der Waals surface area (Å²) in [4.78, 5) is 4.98. The smallest absolute Gasteiger partial charge is 0.0960 e. The number of piperazine rings is 1. The minimum Gasteiger partial charge on any atom is -0.369 e. The zero-order valence-corrected chi connectivity index (χ0v) is 16.9. The lowest BCUT2D eigenvalue weighted by Gasteiger charge is -2.36. The highest BCUT2D eigenvalue weighted by atomic mass is 15.3. The first-order valence-corrected chi connectivity index (χ1v) is 10.4. The number of hydrogen-bond donors (Lipinski definition) is 1. The lowest BCUT2D eigenvalue weighted by Crippen LogP contribution is -2.49. The van der Waals surface area contributed by atoms with Gasteiger partial charge < -0.3 is 10.2 Å². The van der Waals surface area contributed by atoms with Crippen molar-refractivity contribution in [3.8, 4) is 0 Å². The zero-order chi connectivity index (χ0) is 19.8. The van der Waals surface area contributed by atoms with Crippen molar-refractivity contribution in [3.05, 3.63) is 60.2 Å². The normalized spacial score (nSPS) is 17.2. The fourth-order valence-electron chi connectivity index (χ4n) is 4.07. The molecule has 0 saturated carbocycles. The van der Waals surface area contributed by atoms with E-state index in [4.69, 9.17) is 15.6 Å². The molecular formula is C22H29B3N3. The van der Waals surface area contributed by atoms with Crippen molar-refractivity contribution in [2.75, 3.05) is 44.2 Å². The number of benzene rings is 2. The highest BCUT2D eigenvalue weighted by Gasteiger charge is 2.20. The van der Waals surface area contributed by atoms with Gasteiger partial charge in [0.25, 0.3) is 0 Å². The van der Waals surface area contributed by atoms with E-state index in [-0.39, 0.29) is 11.9 Å². The molecule has 0 aromatic heterocycles. The Labute approximate surface area is 173 Å². The van der Waals surface area contributed by atoms with Gasteiger partial charge in [-0.2, -0.15) is 0 Å². The van der Waals surface area contributed by atoms with E-state index in [1.54, 1.807) is 7.17 Å². The molecule has 6 heteroatoms. The van der Waals surface area contributed by atoms with Crippen LogP contribution in [0.2, 0.25) is 0 Å². The molecule has 0 bridgehead atoms. The molecule has 2 unspecified atom stereocenters. The Hall–Kier alpha value is -1.65. The van der Waals surface area contributed by atoms with Gasteiger partial charge in [-0.05, 0) is 30.4 Å². The quantitative estimate of drug-likeness (QED) is 0.678. The molecule has 1 heterocycles. The van der Waals surface area contributed by atoms with Gasteiger partial charge in [0.2, 0.25) is 0 Å². The number of anilines is 1. The summed E-state index contributed by atoms with van der Waals surface area (Å²) in [6, 6.07) is 18.9. The molecule has 2 atom stereocenters. The molecule has 2 aromatic rings. The minimum absolute atomic E-state index is 0.0725. The van der Waals surface area contributed by atoms with Gasteiger partial charge >= 0.3 is 0 Å². The van der Waals surface area contributed by atoms with Crippen LogP contribution in [0.3, 0.4) is 0 Å². The predicted molar refractivity (Wildman–Crippen MR) is 123 cm³/mol. The molecule has 0 amide bonds. The number of nitrogens with one attached hydrogen (secondary N) is 1. The van der Waals surface area contributed by atoms with E-state index in [2.05, 4.69) is 70.6 Å². The van der Waals surface area contributed by atoms with Crippen LogP contribution in [0.5, 0.6) is 0 Å². The van der Waals surface area contributed by atoms with Crippen LogP contribution in [-0.2, 0) is 0 Å². The summed E-state index contributed by atoms with van der Waals surface area (Å²) >= 11 is 0. The van der Waals surface area contributed by atoms with Crippen LogP contribution in [0, 0.1) is 0 Å². The number of hydrogen-bond acceptors (Lipinski definition) is 3. The van der Waals surface area contributed by atoms with Crippen molar-refractivity contribution in [1.82, 2.24) is 10.2 Å². The van der Waals surface area contributed by atoms with Crippen LogP contribution in [0.1, 0.15) is 24.8 Å². The van der Waals surface area contributed by atoms with Gasteiger partial charge in [-0.25, -0.2) is 0 Å². The lowest BCUT2D eigenvalue weighted by molar-refractivity contribution is 0.255. The van der Waals surface area contributed by atoms with Gasteiger partial charge in [-0.15, -0.1) is 0 Å². The summed E-state index contributed by atoms with van der Waals surface area (Å²) in [5, 5.41) is 3.54. The highest BCUT2D eigenvalue weighted by Crippen LogP contribution is 2.20. The lowest BCUT2D eigenvalue weighted by atomic mass is 9.49. The van der Waals surface area contributed by atoms with Gasteiger partial charge in [-0.1, -0.05) is 60.4 Å². The van der Waals surface area contributed by atoms with Crippen LogP contribution in [0.4, 0.5) is 5.69 Å². The van der Waals surface area contributed by atoms with Crippen molar-refractivity contribution in [2.45, 2.75) is 25.2 Å². The van der Waals surface area contributed by atoms with Crippen molar-refractivity contribution in [1.29, 1.82) is 0 Å². The Bertz CT molecular complexity index is 705. The average Bonchev–Trinajstić information content (AvgIpc) is 2.76. The second-order valence-electron chi connectivity index (χ2n) is 7.45. The summed E-state index contributed by atoms with van der Waals surface area (Å²) in [7, 11) is 14.0. The molecule has 1 aliphatic heterocycles. The van der Waals surface area contributed by atoms with E-state index in [1.807, 2.05) is 6.07 Å². The molecule has 141 valence electrons. The third-order valence-electron chi connectivity index (χ3n) is 5.75. The second kappa shape index (κ2) is 10.8. The van der Waals surface area contributed by atoms with E-state index in [1.165, 1.54) is 11.3 Å². The highest BCUT2D eigenvalue weighted by molar-refractivity contribution is 6.97. The van der Waals surface area contributed by atoms with E-state index < -0.39 is 0 Å². The molecule has 1 saturated heterocycles. The molecule has 3 rings (SSSR count). The fourth-order valence-corrected chi connectivity index (χ4v) is 4.07. The molecular weight excluding hydrogens is 339 g/mol. The van der Waals surface area contributed by atoms with Gasteiger partial charge in [0.1, 0.15) is 0 Å². The van der Waals surface area contributed by atoms with Gasteiger partial charge in [-0.3, -0.25) is 4.90 Å². The molecule has 28 heavy (non-hydrogen) atoms. The summed E-state index contributed by atoms with van der Waals surface area (Å²) < 4.78 is 0. The number of rotatable bonds is 9. The predicted octanol–water partition coefficient (Wildman–Crippen LogP) is 1.50. The fraction of sp³-hybridized carbons (Fsp3) is 0.455. The molecule has 1 fully saturated rings. The molecule has 2 aromatic carbocycles. The molecule has 1 N–H and O–H groups in total. The van der Waals surface area contributed by atoms with Gasteiger partial charge in [0.15, 0.2) is 0 Å². The second-order valence-corrected chi connectivity index (χ2v) is 7.45. The van der Waals surface area contributed by atoms with Crippen molar-refractivity contribution < 1.29 is 0 Å². The third-order valence-corrected chi connectivity index (χ3v) is 5.75. The van der Waals surface area contributed by atoms with Crippen LogP contribution < -0.4 is 15.7 Å². The largest absolute Gasteiger partial charge is 0.369 e. The first-order chi connectivity index (χ1) is 13.7. The van der Waals surface area contributed by atoms with Crippen molar-refractivity contribution >= 4 is 33.9 Å². The third kappa shape index (κ3) is 5.45. The van der Waals surface area contributed by atoms with Gasteiger partial charge in [0.05, 0.1) is 15.0 Å². The van der Waals surface area contributed by atoms with Gasteiger partial charge in [0, 0.05) is 52.7 Å². The van der Waals surface area contributed by atoms with E-state index in [0.717, 1.165) is 51.2 Å². The Balaban J connectivity index is 1.44. The van der Waals surface area contributed by atoms with E-state index in [9.17, 15) is 0 Å². The summed E-state index contributed by atoms with van der Waals surface area (Å²) in [5.74, 6) is 0.183. The topological polar surface area (TPSA) is 18.5 Å². The Morgan fingerprint density at radius 1 is 1.00 bits per heavy atom. The zero-order valence-electron chi connectivity index (χ0n) is 16.9. The molecule has 0 spiro atoms.